The third-order valence-corrected chi connectivity index (χ3v) is 6.86. The Kier molecular flexibility index (Phi) is 7.30. The molecule has 11 heteroatoms. The number of aromatic nitrogens is 2. The lowest BCUT2D eigenvalue weighted by atomic mass is 10.2. The first-order valence-corrected chi connectivity index (χ1v) is 12.6. The zero-order valence-corrected chi connectivity index (χ0v) is 21.8. The Labute approximate surface area is 220 Å². The average Bonchev–Trinajstić information content (AvgIpc) is 2.92. The van der Waals surface area contributed by atoms with E-state index in [1.165, 1.54) is 11.5 Å². The molecule has 0 radical (unpaired) electrons. The Balaban J connectivity index is 1.70. The number of morpholine rings is 1. The number of methoxy groups -OCH3 is 1. The minimum Gasteiger partial charge on any atom is -0.481 e. The highest BCUT2D eigenvalue weighted by atomic mass is 16.5. The van der Waals surface area contributed by atoms with Crippen LogP contribution in [-0.4, -0.2) is 85.8 Å². The van der Waals surface area contributed by atoms with Crippen molar-refractivity contribution in [2.24, 2.45) is 0 Å². The highest BCUT2D eigenvalue weighted by Gasteiger charge is 2.30. The monoisotopic (exact) mass is 521 g/mol. The van der Waals surface area contributed by atoms with Crippen LogP contribution in [0.5, 0.6) is 5.75 Å². The van der Waals surface area contributed by atoms with Gasteiger partial charge in [0.05, 0.1) is 38.2 Å². The number of anilines is 2. The Hall–Kier alpha value is -3.96. The van der Waals surface area contributed by atoms with Gasteiger partial charge < -0.3 is 24.0 Å². The number of fused-ring (bicyclic) bond motifs is 1. The molecular weight excluding hydrogens is 490 g/mol. The summed E-state index contributed by atoms with van der Waals surface area (Å²) in [7, 11) is 3.11. The van der Waals surface area contributed by atoms with Crippen molar-refractivity contribution in [1.82, 2.24) is 14.3 Å². The number of pyridine rings is 1. The van der Waals surface area contributed by atoms with Crippen LogP contribution in [0.2, 0.25) is 0 Å². The van der Waals surface area contributed by atoms with Gasteiger partial charge in [0.25, 0.3) is 0 Å². The van der Waals surface area contributed by atoms with E-state index >= 15 is 0 Å². The number of rotatable bonds is 6. The predicted molar refractivity (Wildman–Crippen MR) is 141 cm³/mol. The maximum absolute atomic E-state index is 13.9. The summed E-state index contributed by atoms with van der Waals surface area (Å²) in [6, 6.07) is 11.2. The van der Waals surface area contributed by atoms with E-state index in [1.807, 2.05) is 55.3 Å². The fourth-order valence-corrected chi connectivity index (χ4v) is 4.80. The van der Waals surface area contributed by atoms with Crippen molar-refractivity contribution in [2.45, 2.75) is 19.6 Å². The molecule has 38 heavy (non-hydrogen) atoms. The van der Waals surface area contributed by atoms with Gasteiger partial charge in [-0.15, -0.1) is 0 Å². The molecule has 200 valence electrons. The fraction of sp³-hybridized carbons (Fsp3) is 0.407. The van der Waals surface area contributed by atoms with Crippen molar-refractivity contribution in [2.75, 3.05) is 63.4 Å². The van der Waals surface area contributed by atoms with Gasteiger partial charge in [0.15, 0.2) is 11.3 Å². The van der Waals surface area contributed by atoms with Crippen molar-refractivity contribution in [1.29, 1.82) is 0 Å². The molecule has 1 unspecified atom stereocenters. The zero-order chi connectivity index (χ0) is 26.8. The molecule has 0 spiro atoms. The summed E-state index contributed by atoms with van der Waals surface area (Å²) in [4.78, 5) is 50.1. The maximum Gasteiger partial charge on any atom is 0.360 e. The molecule has 11 nitrogen and oxygen atoms in total. The molecule has 2 saturated heterocycles. The van der Waals surface area contributed by atoms with Gasteiger partial charge in [0.1, 0.15) is 6.61 Å². The molecule has 2 aliphatic rings. The molecule has 3 aromatic rings. The predicted octanol–water partition coefficient (Wildman–Crippen LogP) is 1.56. The molecule has 1 amide bonds. The van der Waals surface area contributed by atoms with Crippen LogP contribution in [-0.2, 0) is 20.9 Å². The Morgan fingerprint density at radius 1 is 1.16 bits per heavy atom. The Morgan fingerprint density at radius 3 is 2.66 bits per heavy atom. The van der Waals surface area contributed by atoms with Crippen LogP contribution in [0.15, 0.2) is 47.4 Å². The number of carbonyl (C=O) groups is 2. The first kappa shape index (κ1) is 25.7. The largest absolute Gasteiger partial charge is 0.481 e. The van der Waals surface area contributed by atoms with Gasteiger partial charge in [-0.3, -0.25) is 18.9 Å². The number of likely N-dealkylation sites (N-methyl/N-ethyl adjacent to an activating group) is 1. The van der Waals surface area contributed by atoms with E-state index in [1.54, 1.807) is 11.1 Å². The summed E-state index contributed by atoms with van der Waals surface area (Å²) in [5.74, 6) is -1.12. The van der Waals surface area contributed by atoms with Crippen molar-refractivity contribution < 1.29 is 23.8 Å². The number of ether oxygens (including phenoxy) is 3. The quantitative estimate of drug-likeness (QED) is 0.447. The normalized spacial score (nSPS) is 18.6. The second-order valence-electron chi connectivity index (χ2n) is 9.54. The molecule has 1 aromatic carbocycles. The number of esters is 1. The topological polar surface area (TPSA) is 106 Å². The van der Waals surface area contributed by atoms with Crippen LogP contribution in [0.1, 0.15) is 23.0 Å². The van der Waals surface area contributed by atoms with Crippen molar-refractivity contribution >= 4 is 28.9 Å². The number of nitrogens with zero attached hydrogens (tertiary/aromatic N) is 5. The summed E-state index contributed by atoms with van der Waals surface area (Å²) in [6.07, 6.45) is 1.69. The van der Waals surface area contributed by atoms with E-state index in [4.69, 9.17) is 14.2 Å². The van der Waals surface area contributed by atoms with Crippen molar-refractivity contribution in [3.05, 3.63) is 64.2 Å². The molecule has 0 saturated carbocycles. The van der Waals surface area contributed by atoms with E-state index in [-0.39, 0.29) is 42.2 Å². The second kappa shape index (κ2) is 10.8. The van der Waals surface area contributed by atoms with E-state index in [9.17, 15) is 14.4 Å². The molecule has 4 heterocycles. The number of amides is 1. The minimum absolute atomic E-state index is 0.0593. The first-order valence-electron chi connectivity index (χ1n) is 12.6. The van der Waals surface area contributed by atoms with E-state index in [0.29, 0.717) is 38.5 Å². The molecule has 0 N–H and O–H groups in total. The molecule has 2 aliphatic heterocycles. The molecule has 1 atom stereocenters. The Bertz CT molecular complexity index is 1410. The van der Waals surface area contributed by atoms with Gasteiger partial charge in [-0.1, -0.05) is 30.3 Å². The third-order valence-electron chi connectivity index (χ3n) is 6.86. The standard InChI is InChI=1S/C27H31N5O6/c1-18-16-37-12-11-30(18)20-13-21(31-10-9-29(2)15-22(31)33)25-28-23(27(35)36-3)24(26(34)32(25)14-20)38-17-19-7-5-4-6-8-19/h4-8,13-14,18H,9-12,15-17H2,1-3H3. The van der Waals surface area contributed by atoms with Gasteiger partial charge in [-0.05, 0) is 25.6 Å². The summed E-state index contributed by atoms with van der Waals surface area (Å²) < 4.78 is 17.8. The number of benzene rings is 1. The molecule has 2 aromatic heterocycles. The lowest BCUT2D eigenvalue weighted by Crippen LogP contribution is -2.49. The minimum atomic E-state index is -0.797. The SMILES string of the molecule is COC(=O)c1nc2c(N3CCN(C)CC3=O)cc(N3CCOCC3C)cn2c(=O)c1OCc1ccccc1. The Morgan fingerprint density at radius 2 is 1.95 bits per heavy atom. The lowest BCUT2D eigenvalue weighted by Gasteiger charge is -2.37. The summed E-state index contributed by atoms with van der Waals surface area (Å²) in [6.45, 7) is 5.13. The van der Waals surface area contributed by atoms with Crippen LogP contribution < -0.4 is 20.1 Å². The average molecular weight is 522 g/mol. The van der Waals surface area contributed by atoms with Crippen LogP contribution in [0.25, 0.3) is 5.65 Å². The molecule has 2 fully saturated rings. The van der Waals surface area contributed by atoms with E-state index in [2.05, 4.69) is 9.88 Å². The maximum atomic E-state index is 13.9. The van der Waals surface area contributed by atoms with Crippen molar-refractivity contribution in [3.63, 3.8) is 0 Å². The summed E-state index contributed by atoms with van der Waals surface area (Å²) in [5.41, 5.74) is 1.42. The third kappa shape index (κ3) is 4.94. The summed E-state index contributed by atoms with van der Waals surface area (Å²) >= 11 is 0. The van der Waals surface area contributed by atoms with Gasteiger partial charge in [0, 0.05) is 31.9 Å². The van der Waals surface area contributed by atoms with Gasteiger partial charge in [-0.2, -0.15) is 0 Å². The highest BCUT2D eigenvalue weighted by molar-refractivity contribution is 6.00. The van der Waals surface area contributed by atoms with E-state index in [0.717, 1.165) is 11.3 Å². The number of hydrogen-bond acceptors (Lipinski definition) is 9. The van der Waals surface area contributed by atoms with Crippen molar-refractivity contribution in [3.8, 4) is 5.75 Å². The fourth-order valence-electron chi connectivity index (χ4n) is 4.80. The van der Waals surface area contributed by atoms with Gasteiger partial charge >= 0.3 is 11.5 Å². The highest BCUT2D eigenvalue weighted by Crippen LogP contribution is 2.31. The zero-order valence-electron chi connectivity index (χ0n) is 21.8. The molecular formula is C27H31N5O6. The lowest BCUT2D eigenvalue weighted by molar-refractivity contribution is -0.120. The summed E-state index contributed by atoms with van der Waals surface area (Å²) in [5, 5.41) is 0. The van der Waals surface area contributed by atoms with Crippen LogP contribution >= 0.6 is 0 Å². The number of hydrogen-bond donors (Lipinski definition) is 0. The van der Waals surface area contributed by atoms with Crippen LogP contribution in [0.3, 0.4) is 0 Å². The van der Waals surface area contributed by atoms with Crippen LogP contribution in [0, 0.1) is 0 Å². The number of piperazine rings is 1. The van der Waals surface area contributed by atoms with Gasteiger partial charge in [-0.25, -0.2) is 9.78 Å². The molecule has 5 rings (SSSR count). The number of carbonyl (C=O) groups excluding carboxylic acids is 2. The van der Waals surface area contributed by atoms with Gasteiger partial charge in [0.2, 0.25) is 11.7 Å². The first-order chi connectivity index (χ1) is 18.4. The molecule has 0 bridgehead atoms. The molecule has 0 aliphatic carbocycles. The smallest absolute Gasteiger partial charge is 0.360 e. The second-order valence-corrected chi connectivity index (χ2v) is 9.54. The van der Waals surface area contributed by atoms with E-state index < -0.39 is 11.5 Å². The van der Waals surface area contributed by atoms with Crippen LogP contribution in [0.4, 0.5) is 11.4 Å².